The molecule has 1 heterocycles. The summed E-state index contributed by atoms with van der Waals surface area (Å²) in [5, 5.41) is 5.43. The van der Waals surface area contributed by atoms with Crippen molar-refractivity contribution in [2.75, 3.05) is 11.9 Å². The van der Waals surface area contributed by atoms with Crippen LogP contribution in [0.2, 0.25) is 0 Å². The molecule has 2 amide bonds. The third-order valence-corrected chi connectivity index (χ3v) is 2.91. The second-order valence-electron chi connectivity index (χ2n) is 4.58. The number of anilines is 1. The number of amides is 2. The van der Waals surface area contributed by atoms with Gasteiger partial charge < -0.3 is 15.1 Å². The molecule has 0 atom stereocenters. The average Bonchev–Trinajstić information content (AvgIpc) is 2.73. The fraction of sp³-hybridized carbons (Fsp3) is 0.429. The number of oxazole rings is 1. The Morgan fingerprint density at radius 2 is 2.10 bits per heavy atom. The molecule has 0 aliphatic heterocycles. The first-order valence-corrected chi connectivity index (χ1v) is 6.84. The molecule has 2 aromatic rings. The van der Waals surface area contributed by atoms with E-state index in [9.17, 15) is 9.59 Å². The minimum Gasteiger partial charge on any atom is -0.408 e. The lowest BCUT2D eigenvalue weighted by Gasteiger charge is -2.06. The van der Waals surface area contributed by atoms with Gasteiger partial charge in [-0.05, 0) is 25.0 Å². The minimum atomic E-state index is -0.366. The zero-order chi connectivity index (χ0) is 14.5. The van der Waals surface area contributed by atoms with Gasteiger partial charge in [-0.2, -0.15) is 0 Å². The topological polar surface area (TPSA) is 76.3 Å². The van der Waals surface area contributed by atoms with E-state index in [-0.39, 0.29) is 11.8 Å². The molecule has 0 aliphatic carbocycles. The Bertz CT molecular complexity index is 657. The third kappa shape index (κ3) is 3.01. The molecule has 108 valence electrons. The Balaban J connectivity index is 2.22. The maximum absolute atomic E-state index is 11.7. The Labute approximate surface area is 116 Å². The molecule has 20 heavy (non-hydrogen) atoms. The summed E-state index contributed by atoms with van der Waals surface area (Å²) in [7, 11) is 0. The molecule has 0 spiro atoms. The van der Waals surface area contributed by atoms with E-state index in [0.717, 1.165) is 18.4 Å². The Kier molecular flexibility index (Phi) is 4.45. The van der Waals surface area contributed by atoms with Gasteiger partial charge in [-0.15, -0.1) is 0 Å². The van der Waals surface area contributed by atoms with E-state index < -0.39 is 0 Å². The van der Waals surface area contributed by atoms with E-state index in [0.29, 0.717) is 24.4 Å². The monoisotopic (exact) mass is 277 g/mol. The van der Waals surface area contributed by atoms with Crippen molar-refractivity contribution in [3.63, 3.8) is 0 Å². The molecule has 2 rings (SSSR count). The highest BCUT2D eigenvalue weighted by Gasteiger charge is 2.09. The number of aryl methyl sites for hydroxylation is 1. The van der Waals surface area contributed by atoms with E-state index in [1.54, 1.807) is 22.8 Å². The molecular formula is C14H19N3O3. The molecule has 1 aromatic carbocycles. The van der Waals surface area contributed by atoms with E-state index in [1.165, 1.54) is 0 Å². The molecule has 2 N–H and O–H groups in total. The summed E-state index contributed by atoms with van der Waals surface area (Å²) in [6.45, 7) is 5.22. The van der Waals surface area contributed by atoms with Crippen molar-refractivity contribution in [2.24, 2.45) is 0 Å². The lowest BCUT2D eigenvalue weighted by atomic mass is 10.3. The summed E-state index contributed by atoms with van der Waals surface area (Å²) < 4.78 is 6.78. The molecule has 0 saturated carbocycles. The standard InChI is InChI=1S/C14H19N3O3/c1-3-7-15-13(18)16-10-5-6-11-12(9-10)20-14(19)17(11)8-4-2/h5-6,9H,3-4,7-8H2,1-2H3,(H2,15,16,18). The van der Waals surface area contributed by atoms with Crippen molar-refractivity contribution >= 4 is 22.8 Å². The highest BCUT2D eigenvalue weighted by atomic mass is 16.4. The van der Waals surface area contributed by atoms with Crippen molar-refractivity contribution in [3.05, 3.63) is 28.7 Å². The van der Waals surface area contributed by atoms with Gasteiger partial charge in [0.05, 0.1) is 5.52 Å². The van der Waals surface area contributed by atoms with Gasteiger partial charge in [0, 0.05) is 24.8 Å². The summed E-state index contributed by atoms with van der Waals surface area (Å²) in [5.41, 5.74) is 1.83. The van der Waals surface area contributed by atoms with E-state index in [1.807, 2.05) is 13.8 Å². The Morgan fingerprint density at radius 3 is 2.80 bits per heavy atom. The SMILES string of the molecule is CCCNC(=O)Nc1ccc2c(c1)oc(=O)n2CCC. The predicted molar refractivity (Wildman–Crippen MR) is 78.1 cm³/mol. The number of rotatable bonds is 5. The van der Waals surface area contributed by atoms with Crippen LogP contribution in [0, 0.1) is 0 Å². The zero-order valence-electron chi connectivity index (χ0n) is 11.7. The van der Waals surface area contributed by atoms with Gasteiger partial charge in [0.15, 0.2) is 5.58 Å². The maximum Gasteiger partial charge on any atom is 0.419 e. The van der Waals surface area contributed by atoms with Crippen molar-refractivity contribution in [2.45, 2.75) is 33.2 Å². The minimum absolute atomic E-state index is 0.262. The van der Waals surface area contributed by atoms with E-state index >= 15 is 0 Å². The smallest absolute Gasteiger partial charge is 0.408 e. The number of aromatic nitrogens is 1. The molecule has 0 bridgehead atoms. The zero-order valence-corrected chi connectivity index (χ0v) is 11.7. The molecule has 0 saturated heterocycles. The Hall–Kier alpha value is -2.24. The van der Waals surface area contributed by atoms with Gasteiger partial charge in [0.1, 0.15) is 0 Å². The molecule has 6 heteroatoms. The third-order valence-electron chi connectivity index (χ3n) is 2.91. The molecule has 6 nitrogen and oxygen atoms in total. The molecule has 0 unspecified atom stereocenters. The van der Waals surface area contributed by atoms with E-state index in [4.69, 9.17) is 4.42 Å². The molecule has 0 fully saturated rings. The predicted octanol–water partition coefficient (Wildman–Crippen LogP) is 2.54. The van der Waals surface area contributed by atoms with Crippen LogP contribution in [0.5, 0.6) is 0 Å². The van der Waals surface area contributed by atoms with Crippen LogP contribution in [0.15, 0.2) is 27.4 Å². The summed E-state index contributed by atoms with van der Waals surface area (Å²) in [6.07, 6.45) is 1.73. The number of nitrogens with one attached hydrogen (secondary N) is 2. The van der Waals surface area contributed by atoms with Crippen LogP contribution in [0.4, 0.5) is 10.5 Å². The summed E-state index contributed by atoms with van der Waals surface area (Å²) in [6, 6.07) is 4.94. The fourth-order valence-corrected chi connectivity index (χ4v) is 1.99. The molecule has 0 aliphatic rings. The van der Waals surface area contributed by atoms with Crippen LogP contribution in [0.25, 0.3) is 11.1 Å². The van der Waals surface area contributed by atoms with Gasteiger partial charge >= 0.3 is 11.8 Å². The second-order valence-corrected chi connectivity index (χ2v) is 4.58. The number of nitrogens with zero attached hydrogens (tertiary/aromatic N) is 1. The van der Waals surface area contributed by atoms with E-state index in [2.05, 4.69) is 10.6 Å². The molecule has 1 aromatic heterocycles. The molecule has 0 radical (unpaired) electrons. The first kappa shape index (κ1) is 14.2. The van der Waals surface area contributed by atoms with Crippen molar-refractivity contribution < 1.29 is 9.21 Å². The highest BCUT2D eigenvalue weighted by molar-refractivity contribution is 5.91. The van der Waals surface area contributed by atoms with Crippen LogP contribution in [0.1, 0.15) is 26.7 Å². The quantitative estimate of drug-likeness (QED) is 0.881. The summed E-state index contributed by atoms with van der Waals surface area (Å²) >= 11 is 0. The first-order valence-electron chi connectivity index (χ1n) is 6.84. The van der Waals surface area contributed by atoms with Crippen LogP contribution in [-0.2, 0) is 6.54 Å². The summed E-state index contributed by atoms with van der Waals surface area (Å²) in [5.74, 6) is -0.366. The fourth-order valence-electron chi connectivity index (χ4n) is 1.99. The largest absolute Gasteiger partial charge is 0.419 e. The van der Waals surface area contributed by atoms with Gasteiger partial charge in [-0.3, -0.25) is 4.57 Å². The second kappa shape index (κ2) is 6.27. The maximum atomic E-state index is 11.7. The molecular weight excluding hydrogens is 258 g/mol. The van der Waals surface area contributed by atoms with Gasteiger partial charge in [0.2, 0.25) is 0 Å². The summed E-state index contributed by atoms with van der Waals surface area (Å²) in [4.78, 5) is 23.3. The van der Waals surface area contributed by atoms with Crippen LogP contribution < -0.4 is 16.4 Å². The lowest BCUT2D eigenvalue weighted by molar-refractivity contribution is 0.252. The lowest BCUT2D eigenvalue weighted by Crippen LogP contribution is -2.29. The average molecular weight is 277 g/mol. The van der Waals surface area contributed by atoms with Crippen molar-refractivity contribution in [1.82, 2.24) is 9.88 Å². The normalized spacial score (nSPS) is 10.7. The highest BCUT2D eigenvalue weighted by Crippen LogP contribution is 2.18. The van der Waals surface area contributed by atoms with Gasteiger partial charge in [-0.1, -0.05) is 13.8 Å². The number of benzene rings is 1. The number of fused-ring (bicyclic) bond motifs is 1. The van der Waals surface area contributed by atoms with Gasteiger partial charge in [0.25, 0.3) is 0 Å². The number of hydrogen-bond acceptors (Lipinski definition) is 3. The number of hydrogen-bond donors (Lipinski definition) is 2. The first-order chi connectivity index (χ1) is 9.65. The van der Waals surface area contributed by atoms with Crippen LogP contribution >= 0.6 is 0 Å². The van der Waals surface area contributed by atoms with Gasteiger partial charge in [-0.25, -0.2) is 9.59 Å². The Morgan fingerprint density at radius 1 is 1.30 bits per heavy atom. The van der Waals surface area contributed by atoms with Crippen molar-refractivity contribution in [1.29, 1.82) is 0 Å². The number of urea groups is 1. The number of carbonyl (C=O) groups excluding carboxylic acids is 1. The number of carbonyl (C=O) groups is 1. The van der Waals surface area contributed by atoms with Crippen LogP contribution in [-0.4, -0.2) is 17.1 Å². The van der Waals surface area contributed by atoms with Crippen molar-refractivity contribution in [3.8, 4) is 0 Å². The van der Waals surface area contributed by atoms with Crippen LogP contribution in [0.3, 0.4) is 0 Å².